The van der Waals surface area contributed by atoms with Gasteiger partial charge in [-0.25, -0.2) is 0 Å². The number of carbonyl (C=O) groups is 2. The first-order chi connectivity index (χ1) is 10.2. The lowest BCUT2D eigenvalue weighted by Gasteiger charge is -2.31. The topological polar surface area (TPSA) is 75.3 Å². The SMILES string of the molecule is COC(=O)[C@H]1CCCN(C(=O)c2ccc3cn[nH]c3c2)C1. The van der Waals surface area contributed by atoms with Crippen LogP contribution < -0.4 is 0 Å². The molecule has 2 heterocycles. The fourth-order valence-electron chi connectivity index (χ4n) is 2.77. The molecule has 0 unspecified atom stereocenters. The maximum atomic E-state index is 12.6. The molecular formula is C15H17N3O3. The molecule has 0 spiro atoms. The molecule has 1 atom stereocenters. The van der Waals surface area contributed by atoms with Crippen molar-refractivity contribution in [2.24, 2.45) is 5.92 Å². The molecule has 1 fully saturated rings. The standard InChI is InChI=1S/C15H17N3O3/c1-21-15(20)12-3-2-6-18(9-12)14(19)10-4-5-11-8-16-17-13(11)7-10/h4-5,7-8,12H,2-3,6,9H2,1H3,(H,16,17)/t12-/m0/s1. The number of likely N-dealkylation sites (tertiary alicyclic amines) is 1. The van der Waals surface area contributed by atoms with Crippen LogP contribution in [0.5, 0.6) is 0 Å². The van der Waals surface area contributed by atoms with Gasteiger partial charge in [0.25, 0.3) is 5.91 Å². The number of benzene rings is 1. The quantitative estimate of drug-likeness (QED) is 0.851. The molecular weight excluding hydrogens is 270 g/mol. The van der Waals surface area contributed by atoms with E-state index in [4.69, 9.17) is 4.74 Å². The van der Waals surface area contributed by atoms with Crippen LogP contribution in [0.4, 0.5) is 0 Å². The summed E-state index contributed by atoms with van der Waals surface area (Å²) in [5, 5.41) is 7.78. The van der Waals surface area contributed by atoms with E-state index in [0.29, 0.717) is 18.7 Å². The van der Waals surface area contributed by atoms with Gasteiger partial charge in [-0.05, 0) is 25.0 Å². The first-order valence-corrected chi connectivity index (χ1v) is 6.99. The van der Waals surface area contributed by atoms with Crippen molar-refractivity contribution in [3.63, 3.8) is 0 Å². The van der Waals surface area contributed by atoms with Crippen LogP contribution in [0, 0.1) is 5.92 Å². The Morgan fingerprint density at radius 2 is 2.29 bits per heavy atom. The number of nitrogens with zero attached hydrogens (tertiary/aromatic N) is 2. The zero-order chi connectivity index (χ0) is 14.8. The summed E-state index contributed by atoms with van der Waals surface area (Å²) in [6.45, 7) is 1.10. The van der Waals surface area contributed by atoms with Crippen LogP contribution in [0.3, 0.4) is 0 Å². The lowest BCUT2D eigenvalue weighted by Crippen LogP contribution is -2.42. The monoisotopic (exact) mass is 287 g/mol. The van der Waals surface area contributed by atoms with Gasteiger partial charge in [-0.15, -0.1) is 0 Å². The van der Waals surface area contributed by atoms with Crippen LogP contribution >= 0.6 is 0 Å². The maximum Gasteiger partial charge on any atom is 0.310 e. The number of aromatic nitrogens is 2. The van der Waals surface area contributed by atoms with Gasteiger partial charge in [0, 0.05) is 24.0 Å². The van der Waals surface area contributed by atoms with Crippen molar-refractivity contribution < 1.29 is 14.3 Å². The predicted molar refractivity (Wildman–Crippen MR) is 76.7 cm³/mol. The van der Waals surface area contributed by atoms with E-state index in [1.54, 1.807) is 23.2 Å². The molecule has 110 valence electrons. The van der Waals surface area contributed by atoms with Crippen molar-refractivity contribution >= 4 is 22.8 Å². The molecule has 1 N–H and O–H groups in total. The minimum Gasteiger partial charge on any atom is -0.469 e. The number of H-pyrrole nitrogens is 1. The largest absolute Gasteiger partial charge is 0.469 e. The van der Waals surface area contributed by atoms with Crippen LogP contribution in [0.15, 0.2) is 24.4 Å². The number of aromatic amines is 1. The number of amides is 1. The maximum absolute atomic E-state index is 12.6. The Morgan fingerprint density at radius 1 is 1.43 bits per heavy atom. The highest BCUT2D eigenvalue weighted by Crippen LogP contribution is 2.21. The van der Waals surface area contributed by atoms with E-state index in [0.717, 1.165) is 23.7 Å². The number of rotatable bonds is 2. The molecule has 1 aliphatic heterocycles. The van der Waals surface area contributed by atoms with E-state index in [2.05, 4.69) is 10.2 Å². The Balaban J connectivity index is 1.78. The fraction of sp³-hybridized carbons (Fsp3) is 0.400. The average molecular weight is 287 g/mol. The van der Waals surface area contributed by atoms with Crippen LogP contribution in [0.2, 0.25) is 0 Å². The number of nitrogens with one attached hydrogen (secondary N) is 1. The molecule has 0 aliphatic carbocycles. The van der Waals surface area contributed by atoms with Gasteiger partial charge in [-0.1, -0.05) is 6.07 Å². The highest BCUT2D eigenvalue weighted by Gasteiger charge is 2.29. The minimum atomic E-state index is -0.239. The van der Waals surface area contributed by atoms with Crippen molar-refractivity contribution in [3.8, 4) is 0 Å². The van der Waals surface area contributed by atoms with E-state index < -0.39 is 0 Å². The second kappa shape index (κ2) is 5.55. The summed E-state index contributed by atoms with van der Waals surface area (Å²) in [4.78, 5) is 25.9. The van der Waals surface area contributed by atoms with Gasteiger partial charge in [-0.2, -0.15) is 5.10 Å². The van der Waals surface area contributed by atoms with E-state index >= 15 is 0 Å². The van der Waals surface area contributed by atoms with E-state index in [1.165, 1.54) is 7.11 Å². The summed E-state index contributed by atoms with van der Waals surface area (Å²) in [5.74, 6) is -0.514. The Kier molecular flexibility index (Phi) is 3.60. The molecule has 0 saturated carbocycles. The molecule has 1 amide bonds. The fourth-order valence-corrected chi connectivity index (χ4v) is 2.77. The molecule has 6 nitrogen and oxygen atoms in total. The number of fused-ring (bicyclic) bond motifs is 1. The summed E-state index contributed by atoms with van der Waals surface area (Å²) in [6, 6.07) is 5.46. The van der Waals surface area contributed by atoms with Crippen LogP contribution in [-0.4, -0.2) is 47.2 Å². The average Bonchev–Trinajstić information content (AvgIpc) is 3.01. The van der Waals surface area contributed by atoms with Crippen LogP contribution in [0.25, 0.3) is 10.9 Å². The first kappa shape index (κ1) is 13.6. The Labute approximate surface area is 122 Å². The zero-order valence-corrected chi connectivity index (χ0v) is 11.8. The molecule has 1 aromatic carbocycles. The Bertz CT molecular complexity index is 680. The number of ether oxygens (including phenoxy) is 1. The summed E-state index contributed by atoms with van der Waals surface area (Å²) in [5.41, 5.74) is 1.44. The van der Waals surface area contributed by atoms with E-state index in [9.17, 15) is 9.59 Å². The number of hydrogen-bond donors (Lipinski definition) is 1. The van der Waals surface area contributed by atoms with E-state index in [1.807, 2.05) is 6.07 Å². The molecule has 1 saturated heterocycles. The third-order valence-corrected chi connectivity index (χ3v) is 3.93. The van der Waals surface area contributed by atoms with Crippen molar-refractivity contribution in [2.75, 3.05) is 20.2 Å². The molecule has 21 heavy (non-hydrogen) atoms. The molecule has 3 rings (SSSR count). The number of methoxy groups -OCH3 is 1. The smallest absolute Gasteiger partial charge is 0.310 e. The van der Waals surface area contributed by atoms with Gasteiger partial charge in [0.05, 0.1) is 24.7 Å². The molecule has 0 radical (unpaired) electrons. The van der Waals surface area contributed by atoms with Crippen molar-refractivity contribution in [3.05, 3.63) is 30.0 Å². The Morgan fingerprint density at radius 3 is 3.10 bits per heavy atom. The van der Waals surface area contributed by atoms with Crippen molar-refractivity contribution in [1.29, 1.82) is 0 Å². The number of hydrogen-bond acceptors (Lipinski definition) is 4. The third-order valence-electron chi connectivity index (χ3n) is 3.93. The highest BCUT2D eigenvalue weighted by atomic mass is 16.5. The van der Waals surface area contributed by atoms with E-state index in [-0.39, 0.29) is 17.8 Å². The predicted octanol–water partition coefficient (Wildman–Crippen LogP) is 1.59. The number of esters is 1. The zero-order valence-electron chi connectivity index (χ0n) is 11.8. The summed E-state index contributed by atoms with van der Waals surface area (Å²) >= 11 is 0. The lowest BCUT2D eigenvalue weighted by molar-refractivity contribution is -0.146. The van der Waals surface area contributed by atoms with Gasteiger partial charge >= 0.3 is 5.97 Å². The lowest BCUT2D eigenvalue weighted by atomic mass is 9.97. The van der Waals surface area contributed by atoms with Crippen molar-refractivity contribution in [2.45, 2.75) is 12.8 Å². The summed E-state index contributed by atoms with van der Waals surface area (Å²) < 4.78 is 4.78. The summed E-state index contributed by atoms with van der Waals surface area (Å²) in [6.07, 6.45) is 3.31. The van der Waals surface area contributed by atoms with Crippen LogP contribution in [-0.2, 0) is 9.53 Å². The molecule has 1 aliphatic rings. The van der Waals surface area contributed by atoms with Crippen LogP contribution in [0.1, 0.15) is 23.2 Å². The van der Waals surface area contributed by atoms with Gasteiger partial charge in [-0.3, -0.25) is 14.7 Å². The van der Waals surface area contributed by atoms with Crippen molar-refractivity contribution in [1.82, 2.24) is 15.1 Å². The van der Waals surface area contributed by atoms with Gasteiger partial charge < -0.3 is 9.64 Å². The van der Waals surface area contributed by atoms with Gasteiger partial charge in [0.2, 0.25) is 0 Å². The van der Waals surface area contributed by atoms with Gasteiger partial charge in [0.1, 0.15) is 0 Å². The molecule has 0 bridgehead atoms. The molecule has 1 aromatic heterocycles. The molecule has 2 aromatic rings. The highest BCUT2D eigenvalue weighted by molar-refractivity contribution is 5.98. The second-order valence-corrected chi connectivity index (χ2v) is 5.29. The summed E-state index contributed by atoms with van der Waals surface area (Å²) in [7, 11) is 1.38. The molecule has 6 heteroatoms. The normalized spacial score (nSPS) is 18.7. The number of piperidine rings is 1. The number of carbonyl (C=O) groups excluding carboxylic acids is 2. The minimum absolute atomic E-state index is 0.0555. The first-order valence-electron chi connectivity index (χ1n) is 6.99. The van der Waals surface area contributed by atoms with Gasteiger partial charge in [0.15, 0.2) is 0 Å². The Hall–Kier alpha value is -2.37. The second-order valence-electron chi connectivity index (χ2n) is 5.29. The third kappa shape index (κ3) is 2.61.